The quantitative estimate of drug-likeness (QED) is 0.676. The van der Waals surface area contributed by atoms with Crippen molar-refractivity contribution in [2.24, 2.45) is 0 Å². The fraction of sp³-hybridized carbons (Fsp3) is 0.643. The predicted molar refractivity (Wildman–Crippen MR) is 90.8 cm³/mol. The van der Waals surface area contributed by atoms with Gasteiger partial charge in [0, 0.05) is 19.1 Å². The maximum absolute atomic E-state index is 11.8. The van der Waals surface area contributed by atoms with E-state index in [0.29, 0.717) is 16.6 Å². The van der Waals surface area contributed by atoms with Gasteiger partial charge in [-0.3, -0.25) is 0 Å². The van der Waals surface area contributed by atoms with E-state index in [1.54, 1.807) is 11.8 Å². The van der Waals surface area contributed by atoms with Gasteiger partial charge < -0.3 is 20.3 Å². The van der Waals surface area contributed by atoms with Crippen molar-refractivity contribution in [3.63, 3.8) is 0 Å². The Labute approximate surface area is 134 Å². The first-order valence-corrected chi connectivity index (χ1v) is 8.99. The van der Waals surface area contributed by atoms with Crippen LogP contribution < -0.4 is 10.6 Å². The van der Waals surface area contributed by atoms with Gasteiger partial charge in [-0.1, -0.05) is 0 Å². The van der Waals surface area contributed by atoms with E-state index in [-0.39, 0.29) is 5.97 Å². The molecule has 0 unspecified atom stereocenters. The van der Waals surface area contributed by atoms with Gasteiger partial charge >= 0.3 is 5.97 Å². The van der Waals surface area contributed by atoms with Crippen LogP contribution in [0.5, 0.6) is 0 Å². The molecule has 21 heavy (non-hydrogen) atoms. The van der Waals surface area contributed by atoms with Crippen LogP contribution in [0.3, 0.4) is 0 Å². The number of piperidine rings is 1. The van der Waals surface area contributed by atoms with Crippen molar-refractivity contribution in [2.75, 3.05) is 51.2 Å². The number of carbonyl (C=O) groups is 1. The first kappa shape index (κ1) is 16.5. The van der Waals surface area contributed by atoms with Crippen LogP contribution in [0.2, 0.25) is 0 Å². The van der Waals surface area contributed by atoms with Crippen molar-refractivity contribution >= 4 is 39.8 Å². The van der Waals surface area contributed by atoms with Gasteiger partial charge in [-0.05, 0) is 33.2 Å². The number of carbonyl (C=O) groups excluding carboxylic acids is 1. The molecule has 2 heterocycles. The Balaban J connectivity index is 2.22. The summed E-state index contributed by atoms with van der Waals surface area (Å²) in [4.78, 5) is 18.0. The molecule has 2 N–H and O–H groups in total. The highest BCUT2D eigenvalue weighted by molar-refractivity contribution is 7.99. The number of anilines is 2. The van der Waals surface area contributed by atoms with Crippen LogP contribution in [-0.4, -0.2) is 57.5 Å². The van der Waals surface area contributed by atoms with Crippen molar-refractivity contribution in [3.05, 3.63) is 4.88 Å². The van der Waals surface area contributed by atoms with Crippen molar-refractivity contribution in [1.29, 1.82) is 0 Å². The highest BCUT2D eigenvalue weighted by Crippen LogP contribution is 2.44. The molecule has 0 saturated carbocycles. The van der Waals surface area contributed by atoms with E-state index in [4.69, 9.17) is 10.5 Å². The van der Waals surface area contributed by atoms with E-state index in [2.05, 4.69) is 23.9 Å². The van der Waals surface area contributed by atoms with E-state index in [1.807, 2.05) is 6.26 Å². The van der Waals surface area contributed by atoms with Crippen LogP contribution in [0.25, 0.3) is 0 Å². The molecule has 1 aromatic rings. The Morgan fingerprint density at radius 1 is 1.43 bits per heavy atom. The maximum atomic E-state index is 11.8. The van der Waals surface area contributed by atoms with Crippen LogP contribution in [-0.2, 0) is 4.74 Å². The summed E-state index contributed by atoms with van der Waals surface area (Å²) >= 11 is 3.05. The molecule has 0 aliphatic carbocycles. The van der Waals surface area contributed by atoms with Gasteiger partial charge in [0.05, 0.1) is 17.7 Å². The van der Waals surface area contributed by atoms with E-state index in [1.165, 1.54) is 18.4 Å². The fourth-order valence-corrected chi connectivity index (χ4v) is 4.80. The Bertz CT molecular complexity index is 509. The van der Waals surface area contributed by atoms with E-state index in [0.717, 1.165) is 35.8 Å². The van der Waals surface area contributed by atoms with Gasteiger partial charge in [-0.15, -0.1) is 23.1 Å². The molecule has 1 aliphatic rings. The average molecular weight is 329 g/mol. The van der Waals surface area contributed by atoms with Gasteiger partial charge in [0.2, 0.25) is 0 Å². The van der Waals surface area contributed by atoms with Crippen LogP contribution in [0, 0.1) is 0 Å². The summed E-state index contributed by atoms with van der Waals surface area (Å²) < 4.78 is 4.82. The van der Waals surface area contributed by atoms with E-state index >= 15 is 0 Å². The largest absolute Gasteiger partial charge is 0.465 e. The normalized spacial score (nSPS) is 16.5. The standard InChI is InChI=1S/C14H23N3O2S2/c1-16(2)9-5-7-17(8-6-9)13-11(20-4)10(15)12(21-13)14(18)19-3/h9H,5-8,15H2,1-4H3. The Kier molecular flexibility index (Phi) is 5.40. The lowest BCUT2D eigenvalue weighted by Gasteiger charge is -2.36. The predicted octanol–water partition coefficient (Wildman–Crippen LogP) is 2.37. The molecule has 0 spiro atoms. The monoisotopic (exact) mass is 329 g/mol. The number of esters is 1. The lowest BCUT2D eigenvalue weighted by molar-refractivity contribution is 0.0607. The highest BCUT2D eigenvalue weighted by Gasteiger charge is 2.27. The SMILES string of the molecule is COC(=O)c1sc(N2CCC(N(C)C)CC2)c(SC)c1N. The zero-order valence-electron chi connectivity index (χ0n) is 13.0. The summed E-state index contributed by atoms with van der Waals surface area (Å²) in [7, 11) is 5.65. The van der Waals surface area contributed by atoms with E-state index in [9.17, 15) is 4.79 Å². The number of thiophene rings is 1. The molecule has 0 radical (unpaired) electrons. The molecule has 7 heteroatoms. The Hall–Kier alpha value is -0.920. The third kappa shape index (κ3) is 3.30. The van der Waals surface area contributed by atoms with Crippen LogP contribution in [0.15, 0.2) is 4.90 Å². The second-order valence-electron chi connectivity index (χ2n) is 5.36. The lowest BCUT2D eigenvalue weighted by atomic mass is 10.0. The second-order valence-corrected chi connectivity index (χ2v) is 7.17. The number of ether oxygens (including phenoxy) is 1. The van der Waals surface area contributed by atoms with Gasteiger partial charge in [-0.2, -0.15) is 0 Å². The van der Waals surface area contributed by atoms with Crippen LogP contribution >= 0.6 is 23.1 Å². The van der Waals surface area contributed by atoms with Gasteiger partial charge in [0.25, 0.3) is 0 Å². The topological polar surface area (TPSA) is 58.8 Å². The number of nitrogen functional groups attached to an aromatic ring is 1. The summed E-state index contributed by atoms with van der Waals surface area (Å²) in [6.45, 7) is 1.99. The molecular formula is C14H23N3O2S2. The lowest BCUT2D eigenvalue weighted by Crippen LogP contribution is -2.41. The van der Waals surface area contributed by atoms with E-state index < -0.39 is 0 Å². The molecule has 1 fully saturated rings. The summed E-state index contributed by atoms with van der Waals surface area (Å²) in [5, 5.41) is 1.11. The third-order valence-corrected chi connectivity index (χ3v) is 6.14. The molecular weight excluding hydrogens is 306 g/mol. The molecule has 2 rings (SSSR count). The highest BCUT2D eigenvalue weighted by atomic mass is 32.2. The Morgan fingerprint density at radius 3 is 2.52 bits per heavy atom. The van der Waals surface area contributed by atoms with Crippen molar-refractivity contribution in [2.45, 2.75) is 23.8 Å². The number of nitrogens with zero attached hydrogens (tertiary/aromatic N) is 2. The molecule has 118 valence electrons. The first-order chi connectivity index (χ1) is 9.99. The summed E-state index contributed by atoms with van der Waals surface area (Å²) in [6.07, 6.45) is 4.26. The van der Waals surface area contributed by atoms with Gasteiger partial charge in [0.15, 0.2) is 0 Å². The summed E-state index contributed by atoms with van der Waals surface area (Å²) in [5.41, 5.74) is 6.69. The Morgan fingerprint density at radius 2 is 2.05 bits per heavy atom. The molecule has 1 aliphatic heterocycles. The molecule has 1 saturated heterocycles. The van der Waals surface area contributed by atoms with Gasteiger partial charge in [-0.25, -0.2) is 4.79 Å². The number of thioether (sulfide) groups is 1. The summed E-state index contributed by atoms with van der Waals surface area (Å²) in [5.74, 6) is -0.345. The maximum Gasteiger partial charge on any atom is 0.350 e. The smallest absolute Gasteiger partial charge is 0.350 e. The number of nitrogens with two attached hydrogens (primary N) is 1. The molecule has 0 amide bonds. The zero-order chi connectivity index (χ0) is 15.6. The zero-order valence-corrected chi connectivity index (χ0v) is 14.6. The minimum Gasteiger partial charge on any atom is -0.465 e. The number of rotatable bonds is 4. The minimum absolute atomic E-state index is 0.345. The number of hydrogen-bond donors (Lipinski definition) is 1. The minimum atomic E-state index is -0.345. The van der Waals surface area contributed by atoms with Crippen molar-refractivity contribution in [1.82, 2.24) is 4.90 Å². The first-order valence-electron chi connectivity index (χ1n) is 6.95. The molecule has 0 bridgehead atoms. The average Bonchev–Trinajstić information content (AvgIpc) is 2.83. The summed E-state index contributed by atoms with van der Waals surface area (Å²) in [6, 6.07) is 0.636. The third-order valence-electron chi connectivity index (χ3n) is 3.94. The van der Waals surface area contributed by atoms with Gasteiger partial charge in [0.1, 0.15) is 9.88 Å². The van der Waals surface area contributed by atoms with Crippen molar-refractivity contribution < 1.29 is 9.53 Å². The fourth-order valence-electron chi connectivity index (χ4n) is 2.65. The number of methoxy groups -OCH3 is 1. The molecule has 1 aromatic heterocycles. The molecule has 5 nitrogen and oxygen atoms in total. The number of hydrogen-bond acceptors (Lipinski definition) is 7. The van der Waals surface area contributed by atoms with Crippen LogP contribution in [0.1, 0.15) is 22.5 Å². The van der Waals surface area contributed by atoms with Crippen molar-refractivity contribution in [3.8, 4) is 0 Å². The molecule has 0 aromatic carbocycles. The van der Waals surface area contributed by atoms with Crippen LogP contribution in [0.4, 0.5) is 10.7 Å². The second kappa shape index (κ2) is 6.89. The molecule has 0 atom stereocenters.